The van der Waals surface area contributed by atoms with Crippen LogP contribution in [0.25, 0.3) is 0 Å². The van der Waals surface area contributed by atoms with E-state index in [1.54, 1.807) is 6.92 Å². The van der Waals surface area contributed by atoms with Crippen LogP contribution in [0.5, 0.6) is 0 Å². The fourth-order valence-electron chi connectivity index (χ4n) is 0.902. The Morgan fingerprint density at radius 3 is 2.36 bits per heavy atom. The molecule has 84 valence electrons. The smallest absolute Gasteiger partial charge is 0.305 e. The highest BCUT2D eigenvalue weighted by Crippen LogP contribution is 2.06. The van der Waals surface area contributed by atoms with Gasteiger partial charge >= 0.3 is 5.97 Å². The molecule has 0 saturated heterocycles. The van der Waals surface area contributed by atoms with Gasteiger partial charge in [-0.15, -0.1) is 0 Å². The highest BCUT2D eigenvalue weighted by molar-refractivity contribution is 5.67. The number of hydrogen-bond acceptors (Lipinski definition) is 3. The van der Waals surface area contributed by atoms with Crippen molar-refractivity contribution in [3.05, 3.63) is 0 Å². The van der Waals surface area contributed by atoms with Gasteiger partial charge in [-0.25, -0.2) is 0 Å². The molecule has 0 spiro atoms. The molecule has 0 radical (unpaired) electrons. The number of ether oxygens (including phenoxy) is 2. The van der Waals surface area contributed by atoms with Gasteiger partial charge < -0.3 is 14.6 Å². The lowest BCUT2D eigenvalue weighted by atomic mass is 10.2. The van der Waals surface area contributed by atoms with Gasteiger partial charge in [0, 0.05) is 0 Å². The molecular weight excluding hydrogens is 184 g/mol. The molecule has 1 atom stereocenters. The van der Waals surface area contributed by atoms with Crippen LogP contribution in [-0.2, 0) is 14.3 Å². The van der Waals surface area contributed by atoms with Crippen LogP contribution in [0, 0.1) is 0 Å². The lowest BCUT2D eigenvalue weighted by Gasteiger charge is -2.20. The van der Waals surface area contributed by atoms with Crippen molar-refractivity contribution in [2.45, 2.75) is 45.8 Å². The Balaban J connectivity index is 3.41. The van der Waals surface area contributed by atoms with Gasteiger partial charge in [0.2, 0.25) is 0 Å². The molecule has 0 aliphatic heterocycles. The summed E-state index contributed by atoms with van der Waals surface area (Å²) in [6.07, 6.45) is -0.216. The van der Waals surface area contributed by atoms with Gasteiger partial charge in [-0.1, -0.05) is 0 Å². The second-order valence-electron chi connectivity index (χ2n) is 4.24. The van der Waals surface area contributed by atoms with Crippen molar-refractivity contribution < 1.29 is 19.4 Å². The number of carboxylic acid groups (broad SMARTS) is 1. The van der Waals surface area contributed by atoms with Crippen molar-refractivity contribution >= 4 is 5.97 Å². The summed E-state index contributed by atoms with van der Waals surface area (Å²) in [5, 5.41) is 8.46. The van der Waals surface area contributed by atoms with Crippen molar-refractivity contribution in [2.75, 3.05) is 13.2 Å². The minimum Gasteiger partial charge on any atom is -0.481 e. The zero-order chi connectivity index (χ0) is 11.2. The summed E-state index contributed by atoms with van der Waals surface area (Å²) in [7, 11) is 0. The molecule has 4 heteroatoms. The first-order valence-corrected chi connectivity index (χ1v) is 4.78. The van der Waals surface area contributed by atoms with Crippen LogP contribution >= 0.6 is 0 Å². The average molecular weight is 204 g/mol. The standard InChI is InChI=1S/C10H20O4/c1-8(7-9(11)12)13-5-6-14-10(2,3)4/h8H,5-7H2,1-4H3,(H,11,12)/t8-/m1/s1. The van der Waals surface area contributed by atoms with Gasteiger partial charge in [-0.3, -0.25) is 4.79 Å². The zero-order valence-electron chi connectivity index (χ0n) is 9.37. The second-order valence-corrected chi connectivity index (χ2v) is 4.24. The lowest BCUT2D eigenvalue weighted by molar-refractivity contribution is -0.140. The van der Waals surface area contributed by atoms with Crippen LogP contribution in [0.3, 0.4) is 0 Å². The quantitative estimate of drug-likeness (QED) is 0.669. The van der Waals surface area contributed by atoms with Gasteiger partial charge in [0.15, 0.2) is 0 Å². The first-order chi connectivity index (χ1) is 6.31. The van der Waals surface area contributed by atoms with E-state index < -0.39 is 5.97 Å². The number of aliphatic carboxylic acids is 1. The van der Waals surface area contributed by atoms with E-state index in [2.05, 4.69) is 0 Å². The lowest BCUT2D eigenvalue weighted by Crippen LogP contribution is -2.23. The van der Waals surface area contributed by atoms with E-state index in [1.165, 1.54) is 0 Å². The Bertz CT molecular complexity index is 171. The maximum absolute atomic E-state index is 10.3. The Morgan fingerprint density at radius 2 is 1.93 bits per heavy atom. The third-order valence-electron chi connectivity index (χ3n) is 1.48. The number of carboxylic acids is 1. The molecule has 0 rings (SSSR count). The summed E-state index contributed by atoms with van der Waals surface area (Å²) in [6.45, 7) is 8.57. The molecule has 0 aromatic rings. The third kappa shape index (κ3) is 9.48. The highest BCUT2D eigenvalue weighted by atomic mass is 16.5. The van der Waals surface area contributed by atoms with E-state index in [0.29, 0.717) is 13.2 Å². The minimum absolute atomic E-state index is 0.0372. The second kappa shape index (κ2) is 5.98. The van der Waals surface area contributed by atoms with E-state index in [-0.39, 0.29) is 18.1 Å². The van der Waals surface area contributed by atoms with E-state index in [1.807, 2.05) is 20.8 Å². The minimum atomic E-state index is -0.839. The molecule has 0 heterocycles. The van der Waals surface area contributed by atoms with Crippen LogP contribution < -0.4 is 0 Å². The van der Waals surface area contributed by atoms with Crippen molar-refractivity contribution in [3.63, 3.8) is 0 Å². The monoisotopic (exact) mass is 204 g/mol. The summed E-state index contributed by atoms with van der Waals surface area (Å²) in [5.41, 5.74) is -0.167. The summed E-state index contributed by atoms with van der Waals surface area (Å²) < 4.78 is 10.7. The number of rotatable bonds is 6. The highest BCUT2D eigenvalue weighted by Gasteiger charge is 2.11. The molecular formula is C10H20O4. The Morgan fingerprint density at radius 1 is 1.36 bits per heavy atom. The Hall–Kier alpha value is -0.610. The summed E-state index contributed by atoms with van der Waals surface area (Å²) in [4.78, 5) is 10.3. The van der Waals surface area contributed by atoms with E-state index in [4.69, 9.17) is 14.6 Å². The molecule has 4 nitrogen and oxygen atoms in total. The zero-order valence-corrected chi connectivity index (χ0v) is 9.37. The van der Waals surface area contributed by atoms with E-state index in [0.717, 1.165) is 0 Å². The van der Waals surface area contributed by atoms with Crippen LogP contribution in [0.4, 0.5) is 0 Å². The van der Waals surface area contributed by atoms with Crippen molar-refractivity contribution in [1.29, 1.82) is 0 Å². The fraction of sp³-hybridized carbons (Fsp3) is 0.900. The van der Waals surface area contributed by atoms with Gasteiger partial charge in [-0.2, -0.15) is 0 Å². The molecule has 0 aliphatic rings. The van der Waals surface area contributed by atoms with Crippen LogP contribution in [0.1, 0.15) is 34.1 Å². The average Bonchev–Trinajstić information content (AvgIpc) is 1.95. The number of carbonyl (C=O) groups is 1. The normalized spacial score (nSPS) is 14.0. The van der Waals surface area contributed by atoms with E-state index >= 15 is 0 Å². The van der Waals surface area contributed by atoms with Crippen molar-refractivity contribution in [1.82, 2.24) is 0 Å². The molecule has 14 heavy (non-hydrogen) atoms. The first-order valence-electron chi connectivity index (χ1n) is 4.78. The molecule has 0 aliphatic carbocycles. The van der Waals surface area contributed by atoms with Crippen molar-refractivity contribution in [2.24, 2.45) is 0 Å². The molecule has 0 fully saturated rings. The van der Waals surface area contributed by atoms with Gasteiger partial charge in [-0.05, 0) is 27.7 Å². The molecule has 1 N–H and O–H groups in total. The predicted molar refractivity (Wildman–Crippen MR) is 53.4 cm³/mol. The summed E-state index contributed by atoms with van der Waals surface area (Å²) in [5.74, 6) is -0.839. The molecule has 0 saturated carbocycles. The maximum atomic E-state index is 10.3. The van der Waals surface area contributed by atoms with Gasteiger partial charge in [0.05, 0.1) is 31.3 Å². The maximum Gasteiger partial charge on any atom is 0.305 e. The van der Waals surface area contributed by atoms with Gasteiger partial charge in [0.25, 0.3) is 0 Å². The van der Waals surface area contributed by atoms with Crippen LogP contribution in [-0.4, -0.2) is 36.0 Å². The molecule has 0 aromatic carbocycles. The molecule has 0 bridgehead atoms. The fourth-order valence-corrected chi connectivity index (χ4v) is 0.902. The largest absolute Gasteiger partial charge is 0.481 e. The summed E-state index contributed by atoms with van der Waals surface area (Å²) >= 11 is 0. The molecule has 0 aromatic heterocycles. The third-order valence-corrected chi connectivity index (χ3v) is 1.48. The molecule has 0 amide bonds. The van der Waals surface area contributed by atoms with Crippen molar-refractivity contribution in [3.8, 4) is 0 Å². The SMILES string of the molecule is C[C@H](CC(=O)O)OCCOC(C)(C)C. The first kappa shape index (κ1) is 13.4. The predicted octanol–water partition coefficient (Wildman–Crippen LogP) is 1.68. The number of hydrogen-bond donors (Lipinski definition) is 1. The Labute approximate surface area is 85.2 Å². The van der Waals surface area contributed by atoms with Crippen LogP contribution in [0.2, 0.25) is 0 Å². The topological polar surface area (TPSA) is 55.8 Å². The van der Waals surface area contributed by atoms with E-state index in [9.17, 15) is 4.79 Å². The Kier molecular flexibility index (Phi) is 5.72. The van der Waals surface area contributed by atoms with Gasteiger partial charge in [0.1, 0.15) is 0 Å². The summed E-state index contributed by atoms with van der Waals surface area (Å²) in [6, 6.07) is 0. The molecule has 0 unspecified atom stereocenters. The van der Waals surface area contributed by atoms with Crippen LogP contribution in [0.15, 0.2) is 0 Å².